The number of para-hydroxylation sites is 1. The summed E-state index contributed by atoms with van der Waals surface area (Å²) in [5.41, 5.74) is -0.0129. The second-order valence-electron chi connectivity index (χ2n) is 9.58. The predicted octanol–water partition coefficient (Wildman–Crippen LogP) is 2.62. The first-order valence-electron chi connectivity index (χ1n) is 11.7. The van der Waals surface area contributed by atoms with Gasteiger partial charge < -0.3 is 26.7 Å². The smallest absolute Gasteiger partial charge is 0.144 e. The van der Waals surface area contributed by atoms with Crippen molar-refractivity contribution in [2.75, 3.05) is 27.2 Å². The number of nitrogens with zero attached hydrogens (tertiary/aromatic N) is 2. The standard InChI is InChI=1S/C27H35N2O2S.ClH/c1-29(2,18-11-19-31-24-16-7-4-8-17-24)21-25-20-28-26(32-25)27(30,23-14-9-10-15-23)22-12-5-3-6-13-22;/h3-8,12-13,16-17,20,23,30H,9-11,14-15,18-19,21H2,1-2H3;1H/q+1;/p-1. The van der Waals surface area contributed by atoms with Crippen LogP contribution in [-0.4, -0.2) is 41.8 Å². The van der Waals surface area contributed by atoms with Crippen LogP contribution in [0, 0.1) is 5.92 Å². The summed E-state index contributed by atoms with van der Waals surface area (Å²) < 4.78 is 6.72. The number of aliphatic hydroxyl groups is 1. The van der Waals surface area contributed by atoms with Crippen molar-refractivity contribution in [3.63, 3.8) is 0 Å². The first-order valence-corrected chi connectivity index (χ1v) is 12.5. The van der Waals surface area contributed by atoms with E-state index in [1.54, 1.807) is 11.3 Å². The van der Waals surface area contributed by atoms with Crippen molar-refractivity contribution in [2.24, 2.45) is 5.92 Å². The van der Waals surface area contributed by atoms with Crippen molar-refractivity contribution >= 4 is 11.3 Å². The van der Waals surface area contributed by atoms with Gasteiger partial charge in [-0.25, -0.2) is 4.98 Å². The van der Waals surface area contributed by atoms with E-state index in [1.807, 2.05) is 66.9 Å². The van der Waals surface area contributed by atoms with Gasteiger partial charge >= 0.3 is 0 Å². The van der Waals surface area contributed by atoms with E-state index in [2.05, 4.69) is 14.1 Å². The van der Waals surface area contributed by atoms with E-state index in [9.17, 15) is 5.11 Å². The van der Waals surface area contributed by atoms with Gasteiger partial charge in [-0.15, -0.1) is 11.3 Å². The van der Waals surface area contributed by atoms with Crippen molar-refractivity contribution < 1.29 is 26.7 Å². The molecule has 0 saturated heterocycles. The molecule has 33 heavy (non-hydrogen) atoms. The molecule has 0 spiro atoms. The average molecular weight is 487 g/mol. The molecule has 1 unspecified atom stereocenters. The molecule has 1 aliphatic carbocycles. The molecule has 1 fully saturated rings. The number of rotatable bonds is 10. The summed E-state index contributed by atoms with van der Waals surface area (Å²) in [4.78, 5) is 5.99. The van der Waals surface area contributed by atoms with E-state index in [0.29, 0.717) is 0 Å². The first-order chi connectivity index (χ1) is 15.5. The Morgan fingerprint density at radius 1 is 1.03 bits per heavy atom. The number of thiazole rings is 1. The van der Waals surface area contributed by atoms with Crippen LogP contribution in [0.3, 0.4) is 0 Å². The maximum Gasteiger partial charge on any atom is 0.144 e. The zero-order valence-electron chi connectivity index (χ0n) is 19.6. The number of quaternary nitrogens is 1. The van der Waals surface area contributed by atoms with E-state index in [1.165, 1.54) is 17.7 Å². The summed E-state index contributed by atoms with van der Waals surface area (Å²) in [6.45, 7) is 2.64. The van der Waals surface area contributed by atoms with E-state index in [0.717, 1.165) is 59.8 Å². The fourth-order valence-electron chi connectivity index (χ4n) is 4.83. The number of ether oxygens (including phenoxy) is 1. The summed E-state index contributed by atoms with van der Waals surface area (Å²) in [7, 11) is 4.50. The largest absolute Gasteiger partial charge is 1.00 e. The minimum Gasteiger partial charge on any atom is -1.00 e. The molecular formula is C27H35ClN2O2S. The summed E-state index contributed by atoms with van der Waals surface area (Å²) in [5.74, 6) is 1.17. The summed E-state index contributed by atoms with van der Waals surface area (Å²) in [5, 5.41) is 12.8. The molecule has 1 aliphatic rings. The lowest BCUT2D eigenvalue weighted by molar-refractivity contribution is -0.903. The molecular weight excluding hydrogens is 452 g/mol. The fraction of sp³-hybridized carbons (Fsp3) is 0.444. The van der Waals surface area contributed by atoms with Crippen LogP contribution in [0.5, 0.6) is 5.75 Å². The van der Waals surface area contributed by atoms with Gasteiger partial charge in [-0.3, -0.25) is 0 Å². The van der Waals surface area contributed by atoms with Crippen molar-refractivity contribution in [1.82, 2.24) is 4.98 Å². The highest BCUT2D eigenvalue weighted by molar-refractivity contribution is 7.11. The lowest BCUT2D eigenvalue weighted by Gasteiger charge is -2.33. The van der Waals surface area contributed by atoms with Crippen LogP contribution >= 0.6 is 11.3 Å². The van der Waals surface area contributed by atoms with Crippen molar-refractivity contribution in [1.29, 1.82) is 0 Å². The van der Waals surface area contributed by atoms with E-state index < -0.39 is 5.60 Å². The van der Waals surface area contributed by atoms with Crippen LogP contribution in [0.25, 0.3) is 0 Å². The molecule has 2 aromatic carbocycles. The third-order valence-corrected chi connectivity index (χ3v) is 7.65. The number of hydrogen-bond acceptors (Lipinski definition) is 4. The van der Waals surface area contributed by atoms with Gasteiger partial charge in [0.05, 0.1) is 32.1 Å². The minimum absolute atomic E-state index is 0. The Hall–Kier alpha value is -1.92. The first kappa shape index (κ1) is 25.7. The summed E-state index contributed by atoms with van der Waals surface area (Å²) >= 11 is 1.68. The Kier molecular flexibility index (Phi) is 8.94. The van der Waals surface area contributed by atoms with Gasteiger partial charge in [0.15, 0.2) is 0 Å². The molecule has 1 aromatic heterocycles. The molecule has 178 valence electrons. The SMILES string of the molecule is C[N+](C)(CCCOc1ccccc1)Cc1cnc(C(O)(c2ccccc2)C2CCCC2)s1.[Cl-]. The Bertz CT molecular complexity index is 974. The Morgan fingerprint density at radius 2 is 1.67 bits per heavy atom. The van der Waals surface area contributed by atoms with Crippen LogP contribution in [0.2, 0.25) is 0 Å². The van der Waals surface area contributed by atoms with Crippen LogP contribution in [0.15, 0.2) is 66.9 Å². The van der Waals surface area contributed by atoms with Crippen LogP contribution in [0.1, 0.15) is 47.6 Å². The number of hydrogen-bond donors (Lipinski definition) is 1. The zero-order valence-corrected chi connectivity index (χ0v) is 21.2. The lowest BCUT2D eigenvalue weighted by Crippen LogP contribution is -3.00. The van der Waals surface area contributed by atoms with Crippen LogP contribution in [-0.2, 0) is 12.1 Å². The fourth-order valence-corrected chi connectivity index (χ4v) is 6.14. The number of halogens is 1. The van der Waals surface area contributed by atoms with E-state index in [4.69, 9.17) is 9.72 Å². The highest BCUT2D eigenvalue weighted by atomic mass is 35.5. The molecule has 3 aromatic rings. The Labute approximate surface area is 208 Å². The van der Waals surface area contributed by atoms with Gasteiger partial charge in [-0.2, -0.15) is 0 Å². The maximum atomic E-state index is 12.0. The molecule has 4 rings (SSSR count). The molecule has 1 atom stereocenters. The molecule has 0 amide bonds. The Morgan fingerprint density at radius 3 is 2.33 bits per heavy atom. The van der Waals surface area contributed by atoms with Gasteiger partial charge in [0.2, 0.25) is 0 Å². The van der Waals surface area contributed by atoms with E-state index in [-0.39, 0.29) is 18.3 Å². The summed E-state index contributed by atoms with van der Waals surface area (Å²) in [6, 6.07) is 20.1. The molecule has 0 bridgehead atoms. The van der Waals surface area contributed by atoms with Crippen LogP contribution in [0.4, 0.5) is 0 Å². The van der Waals surface area contributed by atoms with Gasteiger partial charge in [0.1, 0.15) is 22.9 Å². The molecule has 4 nitrogen and oxygen atoms in total. The second-order valence-corrected chi connectivity index (χ2v) is 10.7. The molecule has 1 saturated carbocycles. The van der Waals surface area contributed by atoms with Crippen molar-refractivity contribution in [2.45, 2.75) is 44.2 Å². The monoisotopic (exact) mass is 486 g/mol. The third-order valence-electron chi connectivity index (χ3n) is 6.54. The van der Waals surface area contributed by atoms with Crippen molar-refractivity contribution in [3.8, 4) is 5.75 Å². The quantitative estimate of drug-likeness (QED) is 0.354. The minimum atomic E-state index is -0.985. The van der Waals surface area contributed by atoms with Crippen LogP contribution < -0.4 is 17.1 Å². The van der Waals surface area contributed by atoms with Crippen molar-refractivity contribution in [3.05, 3.63) is 82.3 Å². The average Bonchev–Trinajstić information content (AvgIpc) is 3.50. The highest BCUT2D eigenvalue weighted by Gasteiger charge is 2.44. The number of benzene rings is 2. The third kappa shape index (κ3) is 6.36. The Balaban J connectivity index is 0.00000306. The van der Waals surface area contributed by atoms with Gasteiger partial charge in [-0.05, 0) is 36.5 Å². The molecule has 0 radical (unpaired) electrons. The second kappa shape index (κ2) is 11.5. The topological polar surface area (TPSA) is 42.4 Å². The van der Waals surface area contributed by atoms with Gasteiger partial charge in [0, 0.05) is 12.6 Å². The highest BCUT2D eigenvalue weighted by Crippen LogP contribution is 2.46. The number of aromatic nitrogens is 1. The van der Waals surface area contributed by atoms with E-state index >= 15 is 0 Å². The zero-order chi connectivity index (χ0) is 22.4. The molecule has 1 N–H and O–H groups in total. The predicted molar refractivity (Wildman–Crippen MR) is 131 cm³/mol. The molecule has 1 heterocycles. The molecule has 6 heteroatoms. The van der Waals surface area contributed by atoms with Gasteiger partial charge in [-0.1, -0.05) is 61.4 Å². The summed E-state index contributed by atoms with van der Waals surface area (Å²) in [6.07, 6.45) is 7.46. The molecule has 0 aliphatic heterocycles. The normalized spacial score (nSPS) is 16.2. The van der Waals surface area contributed by atoms with Gasteiger partial charge in [0.25, 0.3) is 0 Å². The maximum absolute atomic E-state index is 12.0. The lowest BCUT2D eigenvalue weighted by atomic mass is 9.80.